The van der Waals surface area contributed by atoms with E-state index in [0.29, 0.717) is 24.3 Å². The molecule has 0 aliphatic heterocycles. The van der Waals surface area contributed by atoms with Crippen molar-refractivity contribution in [3.8, 4) is 5.75 Å². The fourth-order valence-corrected chi connectivity index (χ4v) is 2.95. The zero-order chi connectivity index (χ0) is 19.8. The smallest absolute Gasteiger partial charge is 0.319 e. The number of anilines is 1. The summed E-state index contributed by atoms with van der Waals surface area (Å²) in [6.07, 6.45) is 0.917. The molecular weight excluding hydrogens is 344 g/mol. The summed E-state index contributed by atoms with van der Waals surface area (Å²) in [4.78, 5) is 23.4. The average molecular weight is 370 g/mol. The molecule has 27 heavy (non-hydrogen) atoms. The number of carboxylic acid groups (broad SMARTS) is 1. The summed E-state index contributed by atoms with van der Waals surface area (Å²) < 4.78 is 5.31. The molecule has 2 aromatic carbocycles. The number of aliphatic carboxylic acids is 1. The molecule has 2 aromatic rings. The monoisotopic (exact) mass is 370 g/mol. The number of benzene rings is 2. The summed E-state index contributed by atoms with van der Waals surface area (Å²) in [5.41, 5.74) is 3.62. The van der Waals surface area contributed by atoms with Gasteiger partial charge < -0.3 is 20.5 Å². The van der Waals surface area contributed by atoms with Crippen molar-refractivity contribution in [3.05, 3.63) is 59.2 Å². The quantitative estimate of drug-likeness (QED) is 0.657. The number of amides is 2. The Morgan fingerprint density at radius 1 is 1.11 bits per heavy atom. The molecule has 0 radical (unpaired) electrons. The van der Waals surface area contributed by atoms with Crippen molar-refractivity contribution < 1.29 is 19.4 Å². The molecule has 1 atom stereocenters. The lowest BCUT2D eigenvalue weighted by molar-refractivity contribution is -0.137. The average Bonchev–Trinajstić information content (AvgIpc) is 2.62. The van der Waals surface area contributed by atoms with Gasteiger partial charge in [-0.25, -0.2) is 4.79 Å². The number of carbonyl (C=O) groups is 2. The minimum atomic E-state index is -0.880. The number of hydrogen-bond donors (Lipinski definition) is 3. The molecule has 1 unspecified atom stereocenters. The number of hydrogen-bond acceptors (Lipinski definition) is 3. The Hall–Kier alpha value is -3.02. The topological polar surface area (TPSA) is 87.7 Å². The van der Waals surface area contributed by atoms with E-state index >= 15 is 0 Å². The van der Waals surface area contributed by atoms with E-state index in [1.54, 1.807) is 13.2 Å². The lowest BCUT2D eigenvalue weighted by Crippen LogP contribution is -2.39. The molecule has 0 spiro atoms. The molecule has 0 fully saturated rings. The summed E-state index contributed by atoms with van der Waals surface area (Å²) >= 11 is 0. The molecule has 0 aliphatic rings. The van der Waals surface area contributed by atoms with Crippen LogP contribution in [0.15, 0.2) is 42.5 Å². The number of carbonyl (C=O) groups excluding carboxylic acids is 1. The van der Waals surface area contributed by atoms with Gasteiger partial charge in [0.2, 0.25) is 0 Å². The van der Waals surface area contributed by atoms with Gasteiger partial charge in [-0.2, -0.15) is 0 Å². The Kier molecular flexibility index (Phi) is 7.23. The third-order valence-electron chi connectivity index (χ3n) is 4.36. The second kappa shape index (κ2) is 9.62. The van der Waals surface area contributed by atoms with Crippen LogP contribution in [0.5, 0.6) is 5.75 Å². The van der Waals surface area contributed by atoms with Crippen molar-refractivity contribution >= 4 is 17.7 Å². The van der Waals surface area contributed by atoms with Crippen LogP contribution in [0.2, 0.25) is 0 Å². The van der Waals surface area contributed by atoms with Crippen LogP contribution in [0, 0.1) is 13.8 Å². The van der Waals surface area contributed by atoms with E-state index in [9.17, 15) is 9.59 Å². The van der Waals surface area contributed by atoms with E-state index < -0.39 is 5.97 Å². The van der Waals surface area contributed by atoms with E-state index in [4.69, 9.17) is 9.84 Å². The van der Waals surface area contributed by atoms with Crippen molar-refractivity contribution in [3.63, 3.8) is 0 Å². The Labute approximate surface area is 159 Å². The maximum atomic E-state index is 12.5. The highest BCUT2D eigenvalue weighted by Gasteiger charge is 2.16. The van der Waals surface area contributed by atoms with Gasteiger partial charge in [0, 0.05) is 24.2 Å². The van der Waals surface area contributed by atoms with Crippen LogP contribution in [0.4, 0.5) is 10.5 Å². The van der Waals surface area contributed by atoms with E-state index in [1.165, 1.54) is 0 Å². The molecule has 0 bridgehead atoms. The number of rotatable bonds is 8. The van der Waals surface area contributed by atoms with Crippen LogP contribution in [-0.4, -0.2) is 30.3 Å². The van der Waals surface area contributed by atoms with Gasteiger partial charge in [-0.3, -0.25) is 4.79 Å². The van der Waals surface area contributed by atoms with Crippen molar-refractivity contribution in [2.75, 3.05) is 12.4 Å². The summed E-state index contributed by atoms with van der Waals surface area (Å²) in [6, 6.07) is 12.8. The minimum absolute atomic E-state index is 0.00480. The molecular formula is C21H26N2O4. The molecule has 6 heteroatoms. The molecule has 144 valence electrons. The predicted octanol–water partition coefficient (Wildman–Crippen LogP) is 3.91. The largest absolute Gasteiger partial charge is 0.496 e. The normalized spacial score (nSPS) is 11.5. The fourth-order valence-electron chi connectivity index (χ4n) is 2.95. The van der Waals surface area contributed by atoms with Crippen LogP contribution in [0.3, 0.4) is 0 Å². The lowest BCUT2D eigenvalue weighted by atomic mass is 10.0. The van der Waals surface area contributed by atoms with Gasteiger partial charge in [0.05, 0.1) is 7.11 Å². The molecule has 0 aliphatic carbocycles. The first-order chi connectivity index (χ1) is 12.9. The summed E-state index contributed by atoms with van der Waals surface area (Å²) in [7, 11) is 1.59. The zero-order valence-corrected chi connectivity index (χ0v) is 15.9. The highest BCUT2D eigenvalue weighted by Crippen LogP contribution is 2.26. The Morgan fingerprint density at radius 3 is 2.44 bits per heavy atom. The molecule has 2 rings (SSSR count). The van der Waals surface area contributed by atoms with Crippen molar-refractivity contribution in [2.45, 2.75) is 39.2 Å². The molecule has 0 saturated heterocycles. The van der Waals surface area contributed by atoms with Crippen LogP contribution in [0.1, 0.15) is 29.5 Å². The fraction of sp³-hybridized carbons (Fsp3) is 0.333. The predicted molar refractivity (Wildman–Crippen MR) is 105 cm³/mol. The third-order valence-corrected chi connectivity index (χ3v) is 4.36. The van der Waals surface area contributed by atoms with Gasteiger partial charge in [-0.15, -0.1) is 0 Å². The first-order valence-electron chi connectivity index (χ1n) is 8.87. The second-order valence-corrected chi connectivity index (χ2v) is 6.55. The molecule has 0 aromatic heterocycles. The minimum Gasteiger partial charge on any atom is -0.496 e. The SMILES string of the molecule is COc1cc(NC(=O)NC(CCC(=O)O)Cc2ccccc2)c(C)cc1C. The number of ether oxygens (including phenoxy) is 1. The number of carboxylic acids is 1. The zero-order valence-electron chi connectivity index (χ0n) is 15.9. The van der Waals surface area contributed by atoms with Gasteiger partial charge in [0.25, 0.3) is 0 Å². The second-order valence-electron chi connectivity index (χ2n) is 6.55. The van der Waals surface area contributed by atoms with Gasteiger partial charge in [0.15, 0.2) is 0 Å². The molecule has 0 heterocycles. The number of nitrogens with one attached hydrogen (secondary N) is 2. The van der Waals surface area contributed by atoms with Crippen LogP contribution in [0.25, 0.3) is 0 Å². The van der Waals surface area contributed by atoms with Gasteiger partial charge >= 0.3 is 12.0 Å². The van der Waals surface area contributed by atoms with Crippen molar-refractivity contribution in [1.82, 2.24) is 5.32 Å². The highest BCUT2D eigenvalue weighted by molar-refractivity contribution is 5.90. The molecule has 6 nitrogen and oxygen atoms in total. The highest BCUT2D eigenvalue weighted by atomic mass is 16.5. The number of aryl methyl sites for hydroxylation is 2. The number of urea groups is 1. The van der Waals surface area contributed by atoms with Crippen LogP contribution in [-0.2, 0) is 11.2 Å². The Morgan fingerprint density at radius 2 is 1.81 bits per heavy atom. The van der Waals surface area contributed by atoms with Gasteiger partial charge in [0.1, 0.15) is 5.75 Å². The first kappa shape index (κ1) is 20.3. The Balaban J connectivity index is 2.07. The van der Waals surface area contributed by atoms with Crippen molar-refractivity contribution in [2.24, 2.45) is 0 Å². The van der Waals surface area contributed by atoms with Crippen molar-refractivity contribution in [1.29, 1.82) is 0 Å². The number of methoxy groups -OCH3 is 1. The summed E-state index contributed by atoms with van der Waals surface area (Å²) in [5.74, 6) is -0.183. The van der Waals surface area contributed by atoms with E-state index in [2.05, 4.69) is 10.6 Å². The maximum Gasteiger partial charge on any atom is 0.319 e. The first-order valence-corrected chi connectivity index (χ1v) is 8.87. The third kappa shape index (κ3) is 6.33. The summed E-state index contributed by atoms with van der Waals surface area (Å²) in [5, 5.41) is 14.7. The Bertz CT molecular complexity index is 790. The van der Waals surface area contributed by atoms with Gasteiger partial charge in [-0.1, -0.05) is 36.4 Å². The van der Waals surface area contributed by atoms with E-state index in [1.807, 2.05) is 50.2 Å². The van der Waals surface area contributed by atoms with Crippen LogP contribution >= 0.6 is 0 Å². The van der Waals surface area contributed by atoms with E-state index in [0.717, 1.165) is 16.7 Å². The molecule has 2 amide bonds. The standard InChI is InChI=1S/C21H26N2O4/c1-14-11-15(2)19(27-3)13-18(14)23-21(26)22-17(9-10-20(24)25)12-16-7-5-4-6-8-16/h4-8,11,13,17H,9-10,12H2,1-3H3,(H,24,25)(H2,22,23,26). The van der Waals surface area contributed by atoms with E-state index in [-0.39, 0.29) is 18.5 Å². The summed E-state index contributed by atoms with van der Waals surface area (Å²) in [6.45, 7) is 3.85. The van der Waals surface area contributed by atoms with Crippen LogP contribution < -0.4 is 15.4 Å². The molecule has 3 N–H and O–H groups in total. The molecule has 0 saturated carbocycles. The lowest BCUT2D eigenvalue weighted by Gasteiger charge is -2.20. The maximum absolute atomic E-state index is 12.5. The van der Waals surface area contributed by atoms with Gasteiger partial charge in [-0.05, 0) is 43.4 Å².